The van der Waals surface area contributed by atoms with Crippen LogP contribution in [0.3, 0.4) is 0 Å². The first-order valence-electron chi connectivity index (χ1n) is 9.06. The van der Waals surface area contributed by atoms with Gasteiger partial charge in [-0.25, -0.2) is 0 Å². The number of anilines is 1. The molecule has 0 saturated heterocycles. The van der Waals surface area contributed by atoms with E-state index in [-0.39, 0.29) is 11.8 Å². The van der Waals surface area contributed by atoms with E-state index in [0.29, 0.717) is 5.92 Å². The van der Waals surface area contributed by atoms with Crippen molar-refractivity contribution in [2.24, 2.45) is 13.0 Å². The number of hydrogen-bond donors (Lipinski definition) is 1. The lowest BCUT2D eigenvalue weighted by molar-refractivity contribution is 0.419. The molecule has 1 aliphatic rings. The molecule has 132 valence electrons. The highest BCUT2D eigenvalue weighted by molar-refractivity contribution is 5.86. The first-order valence-corrected chi connectivity index (χ1v) is 9.06. The van der Waals surface area contributed by atoms with Gasteiger partial charge in [0, 0.05) is 36.0 Å². The van der Waals surface area contributed by atoms with Crippen molar-refractivity contribution in [3.63, 3.8) is 0 Å². The van der Waals surface area contributed by atoms with E-state index in [1.165, 1.54) is 22.0 Å². The molecule has 1 N–H and O–H groups in total. The van der Waals surface area contributed by atoms with Crippen LogP contribution in [0.25, 0.3) is 22.0 Å². The number of nitrogens with zero attached hydrogens (tertiary/aromatic N) is 2. The highest BCUT2D eigenvalue weighted by Gasteiger charge is 2.22. The molecule has 0 spiro atoms. The van der Waals surface area contributed by atoms with E-state index in [1.807, 2.05) is 6.20 Å². The zero-order valence-corrected chi connectivity index (χ0v) is 15.4. The Labute approximate surface area is 154 Å². The number of allylic oxidation sites excluding steroid dienone is 1. The third-order valence-corrected chi connectivity index (χ3v) is 5.10. The number of hydrogen-bond acceptors (Lipinski definition) is 2. The molecule has 1 atom stereocenters. The average Bonchev–Trinajstić information content (AvgIpc) is 3.02. The third-order valence-electron chi connectivity index (χ3n) is 5.10. The number of rotatable bonds is 3. The van der Waals surface area contributed by atoms with Crippen LogP contribution in [0, 0.1) is 5.92 Å². The number of aryl methyl sites for hydroxylation is 1. The topological polar surface area (TPSA) is 28.4 Å². The summed E-state index contributed by atoms with van der Waals surface area (Å²) in [5, 5.41) is 11.2. The molecule has 3 nitrogen and oxygen atoms in total. The summed E-state index contributed by atoms with van der Waals surface area (Å²) in [7, 11) is 2.07. The highest BCUT2D eigenvalue weighted by Crippen LogP contribution is 2.31. The van der Waals surface area contributed by atoms with Crippen molar-refractivity contribution in [2.75, 3.05) is 4.90 Å². The van der Waals surface area contributed by atoms with Crippen molar-refractivity contribution in [2.45, 2.75) is 19.9 Å². The Hall–Kier alpha value is -2.94. The predicted molar refractivity (Wildman–Crippen MR) is 109 cm³/mol. The maximum Gasteiger partial charge on any atom is 0.131 e. The molecular formula is C23H24N2O. The van der Waals surface area contributed by atoms with Crippen LogP contribution in [0.1, 0.15) is 13.8 Å². The van der Waals surface area contributed by atoms with Crippen molar-refractivity contribution >= 4 is 16.6 Å². The zero-order chi connectivity index (χ0) is 18.3. The SMILES string of the molecule is CC(C)C1C=CC(O)=CN1c1cccc(-c2ccc3c(ccn3C)c2)c1. The normalized spacial score (nSPS) is 17.2. The number of fused-ring (bicyclic) bond motifs is 1. The van der Waals surface area contributed by atoms with Gasteiger partial charge >= 0.3 is 0 Å². The van der Waals surface area contributed by atoms with Gasteiger partial charge in [0.1, 0.15) is 5.76 Å². The van der Waals surface area contributed by atoms with Crippen molar-refractivity contribution in [1.29, 1.82) is 0 Å². The Morgan fingerprint density at radius 3 is 2.62 bits per heavy atom. The first kappa shape index (κ1) is 16.5. The molecule has 26 heavy (non-hydrogen) atoms. The van der Waals surface area contributed by atoms with E-state index >= 15 is 0 Å². The molecule has 1 aromatic heterocycles. The molecule has 1 aliphatic heterocycles. The van der Waals surface area contributed by atoms with E-state index < -0.39 is 0 Å². The molecule has 4 rings (SSSR count). The Balaban J connectivity index is 1.74. The molecule has 3 aromatic rings. The summed E-state index contributed by atoms with van der Waals surface area (Å²) < 4.78 is 2.14. The van der Waals surface area contributed by atoms with Crippen LogP contribution >= 0.6 is 0 Å². The predicted octanol–water partition coefficient (Wildman–Crippen LogP) is 5.65. The van der Waals surface area contributed by atoms with Crippen LogP contribution < -0.4 is 4.90 Å². The summed E-state index contributed by atoms with van der Waals surface area (Å²) in [6.07, 6.45) is 7.77. The zero-order valence-electron chi connectivity index (χ0n) is 15.4. The van der Waals surface area contributed by atoms with Crippen LogP contribution in [-0.4, -0.2) is 15.7 Å². The van der Waals surface area contributed by atoms with Gasteiger partial charge in [-0.1, -0.05) is 38.1 Å². The Morgan fingerprint density at radius 2 is 1.81 bits per heavy atom. The molecule has 0 aliphatic carbocycles. The molecule has 1 unspecified atom stereocenters. The summed E-state index contributed by atoms with van der Waals surface area (Å²) in [5.41, 5.74) is 4.70. The summed E-state index contributed by atoms with van der Waals surface area (Å²) in [4.78, 5) is 2.16. The van der Waals surface area contributed by atoms with Crippen LogP contribution in [0.4, 0.5) is 5.69 Å². The van der Waals surface area contributed by atoms with E-state index in [2.05, 4.69) is 91.2 Å². The van der Waals surface area contributed by atoms with Gasteiger partial charge in [0.05, 0.1) is 6.04 Å². The average molecular weight is 344 g/mol. The fourth-order valence-corrected chi connectivity index (χ4v) is 3.66. The van der Waals surface area contributed by atoms with Gasteiger partial charge in [-0.15, -0.1) is 0 Å². The van der Waals surface area contributed by atoms with Gasteiger partial charge in [0.15, 0.2) is 0 Å². The fourth-order valence-electron chi connectivity index (χ4n) is 3.66. The number of aromatic nitrogens is 1. The van der Waals surface area contributed by atoms with Crippen LogP contribution in [0.5, 0.6) is 0 Å². The van der Waals surface area contributed by atoms with Crippen molar-refractivity contribution in [3.8, 4) is 11.1 Å². The largest absolute Gasteiger partial charge is 0.506 e. The molecule has 2 heterocycles. The second kappa shape index (κ2) is 6.41. The smallest absolute Gasteiger partial charge is 0.131 e. The van der Waals surface area contributed by atoms with Crippen molar-refractivity contribution < 1.29 is 5.11 Å². The Kier molecular flexibility index (Phi) is 4.08. The van der Waals surface area contributed by atoms with Crippen molar-refractivity contribution in [1.82, 2.24) is 4.57 Å². The molecule has 0 radical (unpaired) electrons. The van der Waals surface area contributed by atoms with Crippen LogP contribution in [0.15, 0.2) is 78.8 Å². The Morgan fingerprint density at radius 1 is 1.00 bits per heavy atom. The van der Waals surface area contributed by atoms with Gasteiger partial charge in [0.25, 0.3) is 0 Å². The quantitative estimate of drug-likeness (QED) is 0.665. The molecule has 2 aromatic carbocycles. The summed E-state index contributed by atoms with van der Waals surface area (Å²) in [6, 6.07) is 17.5. The van der Waals surface area contributed by atoms with Crippen LogP contribution in [0.2, 0.25) is 0 Å². The van der Waals surface area contributed by atoms with E-state index in [9.17, 15) is 5.11 Å². The highest BCUT2D eigenvalue weighted by atomic mass is 16.3. The van der Waals surface area contributed by atoms with Gasteiger partial charge in [-0.2, -0.15) is 0 Å². The molecule has 3 heteroatoms. The second-order valence-electron chi connectivity index (χ2n) is 7.31. The summed E-state index contributed by atoms with van der Waals surface area (Å²) in [5.74, 6) is 0.734. The summed E-state index contributed by atoms with van der Waals surface area (Å²) in [6.45, 7) is 4.40. The molecule has 0 fully saturated rings. The number of aliphatic hydroxyl groups excluding tert-OH is 1. The van der Waals surface area contributed by atoms with Crippen LogP contribution in [-0.2, 0) is 7.05 Å². The lowest BCUT2D eigenvalue weighted by Gasteiger charge is -2.34. The summed E-state index contributed by atoms with van der Waals surface area (Å²) >= 11 is 0. The maximum absolute atomic E-state index is 9.98. The van der Waals surface area contributed by atoms with Gasteiger partial charge in [-0.05, 0) is 53.5 Å². The van der Waals surface area contributed by atoms with E-state index in [4.69, 9.17) is 0 Å². The van der Waals surface area contributed by atoms with E-state index in [1.54, 1.807) is 6.08 Å². The second-order valence-corrected chi connectivity index (χ2v) is 7.31. The molecule has 0 amide bonds. The fraction of sp³-hybridized carbons (Fsp3) is 0.217. The van der Waals surface area contributed by atoms with E-state index in [0.717, 1.165) is 5.69 Å². The minimum absolute atomic E-state index is 0.234. The molecular weight excluding hydrogens is 320 g/mol. The third kappa shape index (κ3) is 2.90. The maximum atomic E-state index is 9.98. The van der Waals surface area contributed by atoms with Gasteiger partial charge < -0.3 is 14.6 Å². The standard InChI is InChI=1S/C23H24N2O/c1-16(2)22-10-8-21(26)15-25(22)20-6-4-5-17(14-20)18-7-9-23-19(13-18)11-12-24(23)3/h4-16,22,26H,1-3H3. The number of benzene rings is 2. The first-order chi connectivity index (χ1) is 12.5. The number of aliphatic hydroxyl groups is 1. The lowest BCUT2D eigenvalue weighted by Crippen LogP contribution is -2.35. The molecule has 0 saturated carbocycles. The minimum atomic E-state index is 0.234. The minimum Gasteiger partial charge on any atom is -0.506 e. The van der Waals surface area contributed by atoms with Crippen molar-refractivity contribution in [3.05, 3.63) is 78.8 Å². The Bertz CT molecular complexity index is 1010. The lowest BCUT2D eigenvalue weighted by atomic mass is 9.98. The van der Waals surface area contributed by atoms with Gasteiger partial charge in [-0.3, -0.25) is 0 Å². The van der Waals surface area contributed by atoms with Gasteiger partial charge in [0.2, 0.25) is 0 Å². The monoisotopic (exact) mass is 344 g/mol. The molecule has 0 bridgehead atoms.